The molecule has 0 saturated carbocycles. The number of nitrogens with one attached hydrogen (secondary N) is 1. The third-order valence-electron chi connectivity index (χ3n) is 2.44. The zero-order chi connectivity index (χ0) is 13.1. The number of anilines is 1. The van der Waals surface area contributed by atoms with Crippen LogP contribution in [0, 0.1) is 0 Å². The lowest BCUT2D eigenvalue weighted by Crippen LogP contribution is -2.20. The van der Waals surface area contributed by atoms with Crippen molar-refractivity contribution in [3.05, 3.63) is 23.8 Å². The van der Waals surface area contributed by atoms with Crippen LogP contribution in [0.15, 0.2) is 18.2 Å². The number of rotatable bonds is 3. The standard InChI is InChI=1S/C13H18ClNO2/c1-13(2,3)9-6-5-7-10(17-4)12(9)15-11(16)8-14/h5-7H,8H2,1-4H3,(H,15,16). The lowest BCUT2D eigenvalue weighted by Gasteiger charge is -2.24. The zero-order valence-corrected chi connectivity index (χ0v) is 11.4. The van der Waals surface area contributed by atoms with E-state index < -0.39 is 0 Å². The normalized spacial score (nSPS) is 11.1. The van der Waals surface area contributed by atoms with Crippen molar-refractivity contribution in [2.45, 2.75) is 26.2 Å². The van der Waals surface area contributed by atoms with Crippen LogP contribution in [0.1, 0.15) is 26.3 Å². The first-order valence-electron chi connectivity index (χ1n) is 5.43. The van der Waals surface area contributed by atoms with Crippen LogP contribution in [0.25, 0.3) is 0 Å². The molecule has 1 N–H and O–H groups in total. The molecule has 0 aromatic heterocycles. The van der Waals surface area contributed by atoms with Gasteiger partial charge in [-0.05, 0) is 17.0 Å². The Bertz CT molecular complexity index is 410. The fraction of sp³-hybridized carbons (Fsp3) is 0.462. The molecule has 1 amide bonds. The first kappa shape index (κ1) is 13.8. The molecular weight excluding hydrogens is 238 g/mol. The molecule has 0 spiro atoms. The van der Waals surface area contributed by atoms with Crippen LogP contribution in [0.4, 0.5) is 5.69 Å². The van der Waals surface area contributed by atoms with Crippen LogP contribution in [0.3, 0.4) is 0 Å². The number of halogens is 1. The molecule has 0 bridgehead atoms. The highest BCUT2D eigenvalue weighted by Crippen LogP contribution is 2.36. The summed E-state index contributed by atoms with van der Waals surface area (Å²) < 4.78 is 5.27. The Morgan fingerprint density at radius 2 is 2.06 bits per heavy atom. The summed E-state index contributed by atoms with van der Waals surface area (Å²) in [6.45, 7) is 6.24. The summed E-state index contributed by atoms with van der Waals surface area (Å²) in [6.07, 6.45) is 0. The number of carbonyl (C=O) groups excluding carboxylic acids is 1. The number of benzene rings is 1. The van der Waals surface area contributed by atoms with E-state index in [0.717, 1.165) is 5.56 Å². The van der Waals surface area contributed by atoms with Crippen LogP contribution >= 0.6 is 11.6 Å². The first-order chi connectivity index (χ1) is 7.90. The lowest BCUT2D eigenvalue weighted by atomic mass is 9.85. The minimum atomic E-state index is -0.235. The van der Waals surface area contributed by atoms with Crippen molar-refractivity contribution in [1.82, 2.24) is 0 Å². The molecule has 17 heavy (non-hydrogen) atoms. The van der Waals surface area contributed by atoms with Gasteiger partial charge in [0.1, 0.15) is 11.6 Å². The third-order valence-corrected chi connectivity index (χ3v) is 2.68. The van der Waals surface area contributed by atoms with Gasteiger partial charge in [-0.15, -0.1) is 11.6 Å². The summed E-state index contributed by atoms with van der Waals surface area (Å²) >= 11 is 5.51. The van der Waals surface area contributed by atoms with Gasteiger partial charge < -0.3 is 10.1 Å². The van der Waals surface area contributed by atoms with E-state index in [1.807, 2.05) is 18.2 Å². The van der Waals surface area contributed by atoms with Crippen molar-refractivity contribution < 1.29 is 9.53 Å². The van der Waals surface area contributed by atoms with E-state index >= 15 is 0 Å². The summed E-state index contributed by atoms with van der Waals surface area (Å²) in [6, 6.07) is 5.71. The van der Waals surface area contributed by atoms with Crippen LogP contribution in [0.5, 0.6) is 5.75 Å². The van der Waals surface area contributed by atoms with Gasteiger partial charge >= 0.3 is 0 Å². The molecule has 0 aliphatic heterocycles. The SMILES string of the molecule is COc1cccc(C(C)(C)C)c1NC(=O)CCl. The Kier molecular flexibility index (Phi) is 4.40. The Morgan fingerprint density at radius 3 is 2.53 bits per heavy atom. The average Bonchev–Trinajstić information content (AvgIpc) is 2.27. The molecule has 1 aromatic rings. The van der Waals surface area contributed by atoms with Gasteiger partial charge in [0.25, 0.3) is 0 Å². The topological polar surface area (TPSA) is 38.3 Å². The van der Waals surface area contributed by atoms with Gasteiger partial charge in [0.05, 0.1) is 12.8 Å². The van der Waals surface area contributed by atoms with Crippen molar-refractivity contribution in [3.63, 3.8) is 0 Å². The number of hydrogen-bond donors (Lipinski definition) is 1. The molecule has 0 heterocycles. The second-order valence-electron chi connectivity index (χ2n) is 4.81. The largest absolute Gasteiger partial charge is 0.495 e. The maximum Gasteiger partial charge on any atom is 0.239 e. The molecule has 0 aliphatic carbocycles. The van der Waals surface area contributed by atoms with E-state index in [4.69, 9.17) is 16.3 Å². The molecule has 0 saturated heterocycles. The van der Waals surface area contributed by atoms with Gasteiger partial charge in [-0.3, -0.25) is 4.79 Å². The van der Waals surface area contributed by atoms with Crippen LogP contribution in [0.2, 0.25) is 0 Å². The van der Waals surface area contributed by atoms with Gasteiger partial charge in [0.15, 0.2) is 0 Å². The monoisotopic (exact) mass is 255 g/mol. The van der Waals surface area contributed by atoms with E-state index in [0.29, 0.717) is 11.4 Å². The highest BCUT2D eigenvalue weighted by Gasteiger charge is 2.21. The highest BCUT2D eigenvalue weighted by molar-refractivity contribution is 6.29. The predicted octanol–water partition coefficient (Wildman–Crippen LogP) is 3.17. The van der Waals surface area contributed by atoms with Crippen molar-refractivity contribution in [1.29, 1.82) is 0 Å². The molecule has 94 valence electrons. The number of ether oxygens (including phenoxy) is 1. The van der Waals surface area contributed by atoms with Gasteiger partial charge in [0, 0.05) is 0 Å². The second kappa shape index (κ2) is 5.41. The Balaban J connectivity index is 3.26. The van der Waals surface area contributed by atoms with E-state index in [1.54, 1.807) is 7.11 Å². The number of para-hydroxylation sites is 1. The molecule has 0 atom stereocenters. The quantitative estimate of drug-likeness (QED) is 0.843. The number of amides is 1. The number of carbonyl (C=O) groups is 1. The molecule has 1 rings (SSSR count). The van der Waals surface area contributed by atoms with Crippen LogP contribution in [-0.2, 0) is 10.2 Å². The number of alkyl halides is 1. The average molecular weight is 256 g/mol. The third kappa shape index (κ3) is 3.37. The maximum absolute atomic E-state index is 11.4. The van der Waals surface area contributed by atoms with E-state index in [1.165, 1.54) is 0 Å². The summed E-state index contributed by atoms with van der Waals surface area (Å²) in [5.41, 5.74) is 1.65. The summed E-state index contributed by atoms with van der Waals surface area (Å²) in [7, 11) is 1.58. The van der Waals surface area contributed by atoms with Gasteiger partial charge in [-0.25, -0.2) is 0 Å². The Morgan fingerprint density at radius 1 is 1.41 bits per heavy atom. The molecule has 0 aliphatic rings. The second-order valence-corrected chi connectivity index (χ2v) is 5.08. The minimum Gasteiger partial charge on any atom is -0.495 e. The first-order valence-corrected chi connectivity index (χ1v) is 5.97. The van der Waals surface area contributed by atoms with E-state index in [2.05, 4.69) is 26.1 Å². The maximum atomic E-state index is 11.4. The highest BCUT2D eigenvalue weighted by atomic mass is 35.5. The van der Waals surface area contributed by atoms with Crippen molar-refractivity contribution >= 4 is 23.2 Å². The van der Waals surface area contributed by atoms with Crippen molar-refractivity contribution in [2.75, 3.05) is 18.3 Å². The van der Waals surface area contributed by atoms with Gasteiger partial charge in [0.2, 0.25) is 5.91 Å². The lowest BCUT2D eigenvalue weighted by molar-refractivity contribution is -0.113. The molecule has 0 radical (unpaired) electrons. The summed E-state index contributed by atoms with van der Waals surface area (Å²) in [5.74, 6) is 0.347. The Labute approximate surface area is 107 Å². The minimum absolute atomic E-state index is 0.0678. The van der Waals surface area contributed by atoms with Gasteiger partial charge in [-0.2, -0.15) is 0 Å². The fourth-order valence-corrected chi connectivity index (χ4v) is 1.69. The predicted molar refractivity (Wildman–Crippen MR) is 71.0 cm³/mol. The van der Waals surface area contributed by atoms with Gasteiger partial charge in [-0.1, -0.05) is 32.9 Å². The zero-order valence-electron chi connectivity index (χ0n) is 10.6. The summed E-state index contributed by atoms with van der Waals surface area (Å²) in [4.78, 5) is 11.4. The van der Waals surface area contributed by atoms with Crippen molar-refractivity contribution in [2.24, 2.45) is 0 Å². The molecule has 4 heteroatoms. The Hall–Kier alpha value is -1.22. The number of hydrogen-bond acceptors (Lipinski definition) is 2. The van der Waals surface area contributed by atoms with E-state index in [-0.39, 0.29) is 17.2 Å². The molecule has 0 fully saturated rings. The molecular formula is C13H18ClNO2. The molecule has 3 nitrogen and oxygen atoms in total. The smallest absolute Gasteiger partial charge is 0.239 e. The fourth-order valence-electron chi connectivity index (χ4n) is 1.63. The molecule has 0 unspecified atom stereocenters. The summed E-state index contributed by atoms with van der Waals surface area (Å²) in [5, 5.41) is 2.79. The van der Waals surface area contributed by atoms with E-state index in [9.17, 15) is 4.79 Å². The number of methoxy groups -OCH3 is 1. The van der Waals surface area contributed by atoms with Crippen LogP contribution < -0.4 is 10.1 Å². The van der Waals surface area contributed by atoms with Crippen molar-refractivity contribution in [3.8, 4) is 5.75 Å². The molecule has 1 aromatic carbocycles. The van der Waals surface area contributed by atoms with Crippen LogP contribution in [-0.4, -0.2) is 18.9 Å².